The van der Waals surface area contributed by atoms with Gasteiger partial charge in [0, 0.05) is 6.54 Å². The van der Waals surface area contributed by atoms with Crippen LogP contribution in [0.2, 0.25) is 0 Å². The molecule has 0 fully saturated rings. The quantitative estimate of drug-likeness (QED) is 0.897. The average molecular weight is 272 g/mol. The number of hydrogen-bond donors (Lipinski definition) is 2. The van der Waals surface area contributed by atoms with E-state index in [-0.39, 0.29) is 0 Å². The smallest absolute Gasteiger partial charge is 0.417 e. The Labute approximate surface area is 117 Å². The summed E-state index contributed by atoms with van der Waals surface area (Å²) in [4.78, 5) is 11.8. The van der Waals surface area contributed by atoms with E-state index < -0.39 is 6.09 Å². The minimum absolute atomic E-state index is 0.408. The Morgan fingerprint density at radius 2 is 1.95 bits per heavy atom. The van der Waals surface area contributed by atoms with Crippen molar-refractivity contribution in [3.8, 4) is 11.5 Å². The molecule has 2 aromatic rings. The third-order valence-corrected chi connectivity index (χ3v) is 2.69. The van der Waals surface area contributed by atoms with E-state index in [4.69, 9.17) is 15.2 Å². The van der Waals surface area contributed by atoms with Crippen LogP contribution < -0.4 is 20.5 Å². The zero-order chi connectivity index (χ0) is 14.4. The maximum absolute atomic E-state index is 11.8. The van der Waals surface area contributed by atoms with Crippen LogP contribution >= 0.6 is 0 Å². The molecule has 5 nitrogen and oxygen atoms in total. The molecule has 0 bridgehead atoms. The van der Waals surface area contributed by atoms with Crippen molar-refractivity contribution in [3.05, 3.63) is 54.1 Å². The van der Waals surface area contributed by atoms with Crippen molar-refractivity contribution in [2.75, 3.05) is 12.4 Å². The van der Waals surface area contributed by atoms with Gasteiger partial charge in [-0.3, -0.25) is 5.32 Å². The molecular weight excluding hydrogens is 256 g/mol. The highest BCUT2D eigenvalue weighted by Crippen LogP contribution is 2.25. The van der Waals surface area contributed by atoms with E-state index in [9.17, 15) is 4.79 Å². The minimum atomic E-state index is -0.574. The summed E-state index contributed by atoms with van der Waals surface area (Å²) in [5, 5.41) is 2.63. The van der Waals surface area contributed by atoms with Crippen molar-refractivity contribution in [3.63, 3.8) is 0 Å². The average Bonchev–Trinajstić information content (AvgIpc) is 2.48. The number of hydrogen-bond acceptors (Lipinski definition) is 4. The topological polar surface area (TPSA) is 73.6 Å². The molecule has 104 valence electrons. The van der Waals surface area contributed by atoms with E-state index in [0.29, 0.717) is 23.7 Å². The number of rotatable bonds is 4. The first-order chi connectivity index (χ1) is 9.72. The van der Waals surface area contributed by atoms with Gasteiger partial charge < -0.3 is 15.2 Å². The molecule has 1 amide bonds. The molecule has 0 saturated carbocycles. The Balaban J connectivity index is 2.07. The van der Waals surface area contributed by atoms with Gasteiger partial charge in [-0.05, 0) is 29.8 Å². The fourth-order valence-corrected chi connectivity index (χ4v) is 1.70. The van der Waals surface area contributed by atoms with Gasteiger partial charge in [0.05, 0.1) is 12.8 Å². The van der Waals surface area contributed by atoms with E-state index in [0.717, 1.165) is 5.56 Å². The highest BCUT2D eigenvalue weighted by molar-refractivity contribution is 5.88. The summed E-state index contributed by atoms with van der Waals surface area (Å²) in [6.07, 6.45) is -0.574. The molecule has 3 N–H and O–H groups in total. The lowest BCUT2D eigenvalue weighted by molar-refractivity contribution is 0.215. The van der Waals surface area contributed by atoms with E-state index >= 15 is 0 Å². The fourth-order valence-electron chi connectivity index (χ4n) is 1.70. The van der Waals surface area contributed by atoms with Crippen molar-refractivity contribution in [1.82, 2.24) is 0 Å². The van der Waals surface area contributed by atoms with Crippen LogP contribution in [0, 0.1) is 0 Å². The van der Waals surface area contributed by atoms with Crippen molar-refractivity contribution < 1.29 is 14.3 Å². The van der Waals surface area contributed by atoms with Crippen LogP contribution in [0.1, 0.15) is 5.56 Å². The van der Waals surface area contributed by atoms with Gasteiger partial charge in [0.2, 0.25) is 0 Å². The minimum Gasteiger partial charge on any atom is -0.495 e. The Kier molecular flexibility index (Phi) is 4.57. The molecule has 0 heterocycles. The first kappa shape index (κ1) is 13.9. The number of para-hydroxylation sites is 1. The maximum Gasteiger partial charge on any atom is 0.417 e. The largest absolute Gasteiger partial charge is 0.495 e. The van der Waals surface area contributed by atoms with Gasteiger partial charge in [-0.2, -0.15) is 0 Å². The number of nitrogens with two attached hydrogens (primary N) is 1. The van der Waals surface area contributed by atoms with Gasteiger partial charge in [-0.15, -0.1) is 0 Å². The molecule has 0 radical (unpaired) electrons. The summed E-state index contributed by atoms with van der Waals surface area (Å²) in [5.41, 5.74) is 7.01. The molecule has 20 heavy (non-hydrogen) atoms. The monoisotopic (exact) mass is 272 g/mol. The molecule has 2 rings (SSSR count). The van der Waals surface area contributed by atoms with E-state index in [1.54, 1.807) is 36.4 Å². The molecule has 0 spiro atoms. The number of carbonyl (C=O) groups excluding carboxylic acids is 1. The van der Waals surface area contributed by atoms with Crippen molar-refractivity contribution >= 4 is 11.8 Å². The van der Waals surface area contributed by atoms with Gasteiger partial charge in [-0.25, -0.2) is 4.79 Å². The van der Waals surface area contributed by atoms with Crippen molar-refractivity contribution in [1.29, 1.82) is 0 Å². The standard InChI is InChI=1S/C15H16N2O3/c1-19-14-9-11(10-16)7-8-13(14)17-15(18)20-12-5-3-2-4-6-12/h2-9H,10,16H2,1H3,(H,17,18). The summed E-state index contributed by atoms with van der Waals surface area (Å²) in [5.74, 6) is 1.01. The van der Waals surface area contributed by atoms with Gasteiger partial charge >= 0.3 is 6.09 Å². The van der Waals surface area contributed by atoms with Gasteiger partial charge in [0.15, 0.2) is 0 Å². The molecule has 0 aliphatic carbocycles. The Morgan fingerprint density at radius 3 is 2.60 bits per heavy atom. The van der Waals surface area contributed by atoms with Crippen LogP contribution in [-0.4, -0.2) is 13.2 Å². The molecule has 0 aliphatic rings. The van der Waals surface area contributed by atoms with E-state index in [1.165, 1.54) is 7.11 Å². The first-order valence-electron chi connectivity index (χ1n) is 6.14. The maximum atomic E-state index is 11.8. The summed E-state index contributed by atoms with van der Waals surface area (Å²) in [6, 6.07) is 14.2. The highest BCUT2D eigenvalue weighted by atomic mass is 16.6. The number of benzene rings is 2. The van der Waals surface area contributed by atoms with Crippen LogP contribution in [0.5, 0.6) is 11.5 Å². The highest BCUT2D eigenvalue weighted by Gasteiger charge is 2.09. The number of nitrogens with one attached hydrogen (secondary N) is 1. The zero-order valence-corrected chi connectivity index (χ0v) is 11.1. The van der Waals surface area contributed by atoms with Crippen LogP contribution in [-0.2, 0) is 6.54 Å². The number of methoxy groups -OCH3 is 1. The second-order valence-corrected chi connectivity index (χ2v) is 4.07. The Bertz CT molecular complexity index is 585. The van der Waals surface area contributed by atoms with Crippen LogP contribution in [0.3, 0.4) is 0 Å². The molecule has 0 atom stereocenters. The van der Waals surface area contributed by atoms with Gasteiger partial charge in [0.25, 0.3) is 0 Å². The fraction of sp³-hybridized carbons (Fsp3) is 0.133. The lowest BCUT2D eigenvalue weighted by Gasteiger charge is -2.11. The molecule has 0 saturated heterocycles. The number of ether oxygens (including phenoxy) is 2. The predicted molar refractivity (Wildman–Crippen MR) is 77.0 cm³/mol. The summed E-state index contributed by atoms with van der Waals surface area (Å²) in [6.45, 7) is 0.408. The van der Waals surface area contributed by atoms with Crippen molar-refractivity contribution in [2.24, 2.45) is 5.73 Å². The number of amides is 1. The zero-order valence-electron chi connectivity index (χ0n) is 11.1. The SMILES string of the molecule is COc1cc(CN)ccc1NC(=O)Oc1ccccc1. The second kappa shape index (κ2) is 6.58. The molecule has 0 unspecified atom stereocenters. The van der Waals surface area contributed by atoms with Crippen LogP contribution in [0.25, 0.3) is 0 Å². The first-order valence-corrected chi connectivity index (χ1v) is 6.14. The Hall–Kier alpha value is -2.53. The molecular formula is C15H16N2O3. The second-order valence-electron chi connectivity index (χ2n) is 4.07. The lowest BCUT2D eigenvalue weighted by Crippen LogP contribution is -2.17. The van der Waals surface area contributed by atoms with Crippen molar-refractivity contribution in [2.45, 2.75) is 6.54 Å². The number of anilines is 1. The predicted octanol–water partition coefficient (Wildman–Crippen LogP) is 2.76. The third-order valence-electron chi connectivity index (χ3n) is 2.69. The van der Waals surface area contributed by atoms with Gasteiger partial charge in [0.1, 0.15) is 11.5 Å². The molecule has 2 aromatic carbocycles. The summed E-state index contributed by atoms with van der Waals surface area (Å²) in [7, 11) is 1.53. The molecule has 0 aliphatic heterocycles. The third kappa shape index (κ3) is 3.49. The molecule has 0 aromatic heterocycles. The summed E-state index contributed by atoms with van der Waals surface area (Å²) >= 11 is 0. The molecule has 5 heteroatoms. The van der Waals surface area contributed by atoms with Crippen LogP contribution in [0.4, 0.5) is 10.5 Å². The summed E-state index contributed by atoms with van der Waals surface area (Å²) < 4.78 is 10.4. The normalized spacial score (nSPS) is 9.90. The van der Waals surface area contributed by atoms with E-state index in [2.05, 4.69) is 5.32 Å². The number of carbonyl (C=O) groups is 1. The Morgan fingerprint density at radius 1 is 1.20 bits per heavy atom. The van der Waals surface area contributed by atoms with Gasteiger partial charge in [-0.1, -0.05) is 24.3 Å². The lowest BCUT2D eigenvalue weighted by atomic mass is 10.2. The van der Waals surface area contributed by atoms with Crippen LogP contribution in [0.15, 0.2) is 48.5 Å². The van der Waals surface area contributed by atoms with E-state index in [1.807, 2.05) is 12.1 Å².